The zero-order valence-corrected chi connectivity index (χ0v) is 17.7. The van der Waals surface area contributed by atoms with Crippen molar-refractivity contribution < 1.29 is 19.1 Å². The van der Waals surface area contributed by atoms with Gasteiger partial charge in [0.15, 0.2) is 23.0 Å². The lowest BCUT2D eigenvalue weighted by atomic mass is 10.1. The maximum atomic E-state index is 12.6. The Morgan fingerprint density at radius 2 is 1.81 bits per heavy atom. The second-order valence-corrected chi connectivity index (χ2v) is 6.80. The van der Waals surface area contributed by atoms with Gasteiger partial charge < -0.3 is 25.8 Å². The monoisotopic (exact) mass is 424 g/mol. The first-order valence-corrected chi connectivity index (χ1v) is 9.42. The zero-order chi connectivity index (χ0) is 22.5. The number of aromatic nitrogens is 3. The topological polar surface area (TPSA) is 133 Å². The van der Waals surface area contributed by atoms with E-state index >= 15 is 0 Å². The van der Waals surface area contributed by atoms with Crippen LogP contribution >= 0.6 is 0 Å². The number of carbonyl (C=O) groups is 2. The average molecular weight is 424 g/mol. The van der Waals surface area contributed by atoms with Gasteiger partial charge in [-0.05, 0) is 43.2 Å². The summed E-state index contributed by atoms with van der Waals surface area (Å²) in [6.45, 7) is 3.70. The van der Waals surface area contributed by atoms with E-state index in [0.29, 0.717) is 22.9 Å². The van der Waals surface area contributed by atoms with Gasteiger partial charge in [-0.15, -0.1) is 5.10 Å². The normalized spacial score (nSPS) is 10.5. The van der Waals surface area contributed by atoms with Crippen LogP contribution in [0, 0.1) is 13.8 Å². The first-order chi connectivity index (χ1) is 14.8. The number of hydrogen-bond donors (Lipinski definition) is 3. The van der Waals surface area contributed by atoms with Crippen LogP contribution in [0.25, 0.3) is 0 Å². The fourth-order valence-corrected chi connectivity index (χ4v) is 2.92. The van der Waals surface area contributed by atoms with Gasteiger partial charge in [0.1, 0.15) is 6.54 Å². The van der Waals surface area contributed by atoms with Gasteiger partial charge in [-0.2, -0.15) is 0 Å². The molecule has 1 heterocycles. The van der Waals surface area contributed by atoms with E-state index in [0.717, 1.165) is 11.1 Å². The second-order valence-electron chi connectivity index (χ2n) is 6.80. The Morgan fingerprint density at radius 1 is 1.06 bits per heavy atom. The quantitative estimate of drug-likeness (QED) is 0.530. The van der Waals surface area contributed by atoms with Crippen LogP contribution in [0.2, 0.25) is 0 Å². The highest BCUT2D eigenvalue weighted by Crippen LogP contribution is 2.30. The van der Waals surface area contributed by atoms with Gasteiger partial charge in [0.2, 0.25) is 5.91 Å². The van der Waals surface area contributed by atoms with Crippen molar-refractivity contribution in [2.75, 3.05) is 30.6 Å². The van der Waals surface area contributed by atoms with Crippen molar-refractivity contribution in [3.8, 4) is 11.5 Å². The maximum Gasteiger partial charge on any atom is 0.280 e. The Hall–Kier alpha value is -4.08. The summed E-state index contributed by atoms with van der Waals surface area (Å²) in [5.74, 6) is 0.0676. The van der Waals surface area contributed by atoms with E-state index in [-0.39, 0.29) is 24.0 Å². The van der Waals surface area contributed by atoms with E-state index in [2.05, 4.69) is 20.9 Å². The van der Waals surface area contributed by atoms with Crippen LogP contribution in [0.5, 0.6) is 11.5 Å². The number of methoxy groups -OCH3 is 2. The van der Waals surface area contributed by atoms with Gasteiger partial charge in [0.25, 0.3) is 5.91 Å². The van der Waals surface area contributed by atoms with E-state index in [9.17, 15) is 9.59 Å². The molecule has 0 unspecified atom stereocenters. The molecule has 3 aromatic rings. The summed E-state index contributed by atoms with van der Waals surface area (Å²) in [7, 11) is 3.02. The van der Waals surface area contributed by atoms with Crippen molar-refractivity contribution in [3.63, 3.8) is 0 Å². The molecular formula is C21H24N6O4. The van der Waals surface area contributed by atoms with Crippen molar-refractivity contribution in [3.05, 3.63) is 53.2 Å². The molecular weight excluding hydrogens is 400 g/mol. The van der Waals surface area contributed by atoms with E-state index in [1.807, 2.05) is 32.0 Å². The van der Waals surface area contributed by atoms with E-state index in [4.69, 9.17) is 15.2 Å². The number of amides is 2. The summed E-state index contributed by atoms with van der Waals surface area (Å²) in [5.41, 5.74) is 9.12. The number of aryl methyl sites for hydroxylation is 1. The minimum atomic E-state index is -0.564. The molecule has 2 aromatic carbocycles. The Labute approximate surface area is 179 Å². The van der Waals surface area contributed by atoms with Crippen LogP contribution in [-0.4, -0.2) is 41.0 Å². The number of rotatable bonds is 7. The van der Waals surface area contributed by atoms with Gasteiger partial charge in [-0.3, -0.25) is 9.59 Å². The average Bonchev–Trinajstić information content (AvgIpc) is 3.11. The lowest BCUT2D eigenvalue weighted by molar-refractivity contribution is -0.116. The fourth-order valence-electron chi connectivity index (χ4n) is 2.92. The third-order valence-corrected chi connectivity index (χ3v) is 4.80. The van der Waals surface area contributed by atoms with E-state index in [1.165, 1.54) is 18.9 Å². The summed E-state index contributed by atoms with van der Waals surface area (Å²) in [4.78, 5) is 25.0. The molecule has 0 aliphatic heterocycles. The SMILES string of the molecule is COc1ccc(NC(=O)c2nnn(CC(=O)Nc3cccc(C)c3C)c2N)cc1OC. The molecule has 10 heteroatoms. The van der Waals surface area contributed by atoms with Crippen LogP contribution in [0.15, 0.2) is 36.4 Å². The molecule has 1 aromatic heterocycles. The van der Waals surface area contributed by atoms with Gasteiger partial charge in [0.05, 0.1) is 14.2 Å². The molecule has 3 rings (SSSR count). The number of benzene rings is 2. The van der Waals surface area contributed by atoms with Crippen molar-refractivity contribution in [1.82, 2.24) is 15.0 Å². The molecule has 10 nitrogen and oxygen atoms in total. The number of ether oxygens (including phenoxy) is 2. The molecule has 0 aliphatic rings. The Kier molecular flexibility index (Phi) is 6.39. The molecule has 4 N–H and O–H groups in total. The molecule has 0 saturated carbocycles. The number of nitrogens with one attached hydrogen (secondary N) is 2. The highest BCUT2D eigenvalue weighted by Gasteiger charge is 2.20. The van der Waals surface area contributed by atoms with Crippen LogP contribution < -0.4 is 25.8 Å². The zero-order valence-electron chi connectivity index (χ0n) is 17.7. The summed E-state index contributed by atoms with van der Waals surface area (Å²) >= 11 is 0. The minimum Gasteiger partial charge on any atom is -0.493 e. The van der Waals surface area contributed by atoms with Crippen LogP contribution in [-0.2, 0) is 11.3 Å². The number of nitrogens with zero attached hydrogens (tertiary/aromatic N) is 3. The maximum absolute atomic E-state index is 12.6. The Morgan fingerprint density at radius 3 is 2.52 bits per heavy atom. The number of nitrogen functional groups attached to an aromatic ring is 1. The third-order valence-electron chi connectivity index (χ3n) is 4.80. The van der Waals surface area contributed by atoms with Crippen molar-refractivity contribution in [2.24, 2.45) is 0 Å². The number of hydrogen-bond acceptors (Lipinski definition) is 7. The van der Waals surface area contributed by atoms with Gasteiger partial charge in [0, 0.05) is 17.4 Å². The smallest absolute Gasteiger partial charge is 0.280 e. The molecule has 0 bridgehead atoms. The van der Waals surface area contributed by atoms with Gasteiger partial charge in [-0.1, -0.05) is 17.3 Å². The third kappa shape index (κ3) is 4.74. The fraction of sp³-hybridized carbons (Fsp3) is 0.238. The standard InChI is InChI=1S/C21H24N6O4/c1-12-6-5-7-15(13(12)2)24-18(28)11-27-20(22)19(25-26-27)21(29)23-14-8-9-16(30-3)17(10-14)31-4/h5-10H,11,22H2,1-4H3,(H,23,29)(H,24,28). The molecule has 0 atom stereocenters. The number of carbonyl (C=O) groups excluding carboxylic acids is 2. The first-order valence-electron chi connectivity index (χ1n) is 9.42. The lowest BCUT2D eigenvalue weighted by Crippen LogP contribution is -2.22. The lowest BCUT2D eigenvalue weighted by Gasteiger charge is -2.11. The predicted molar refractivity (Wildman–Crippen MR) is 116 cm³/mol. The van der Waals surface area contributed by atoms with Crippen molar-refractivity contribution in [2.45, 2.75) is 20.4 Å². The van der Waals surface area contributed by atoms with Crippen LogP contribution in [0.1, 0.15) is 21.6 Å². The largest absolute Gasteiger partial charge is 0.493 e. The molecule has 31 heavy (non-hydrogen) atoms. The first kappa shape index (κ1) is 21.6. The van der Waals surface area contributed by atoms with E-state index < -0.39 is 5.91 Å². The summed E-state index contributed by atoms with van der Waals surface area (Å²) in [5, 5.41) is 13.1. The van der Waals surface area contributed by atoms with Gasteiger partial charge in [-0.25, -0.2) is 4.68 Å². The highest BCUT2D eigenvalue weighted by molar-refractivity contribution is 6.06. The van der Waals surface area contributed by atoms with Crippen molar-refractivity contribution in [1.29, 1.82) is 0 Å². The Balaban J connectivity index is 1.70. The van der Waals surface area contributed by atoms with Crippen LogP contribution in [0.4, 0.5) is 17.2 Å². The summed E-state index contributed by atoms with van der Waals surface area (Å²) in [6.07, 6.45) is 0. The van der Waals surface area contributed by atoms with Crippen molar-refractivity contribution >= 4 is 29.0 Å². The molecule has 162 valence electrons. The molecule has 0 aliphatic carbocycles. The molecule has 2 amide bonds. The van der Waals surface area contributed by atoms with E-state index in [1.54, 1.807) is 18.2 Å². The summed E-state index contributed by atoms with van der Waals surface area (Å²) in [6, 6.07) is 10.5. The molecule has 0 spiro atoms. The molecule has 0 radical (unpaired) electrons. The minimum absolute atomic E-state index is 0.0194. The highest BCUT2D eigenvalue weighted by atomic mass is 16.5. The van der Waals surface area contributed by atoms with Crippen LogP contribution in [0.3, 0.4) is 0 Å². The second kappa shape index (κ2) is 9.16. The number of nitrogens with two attached hydrogens (primary N) is 1. The summed E-state index contributed by atoms with van der Waals surface area (Å²) < 4.78 is 11.6. The predicted octanol–water partition coefficient (Wildman–Crippen LogP) is 2.39. The molecule has 0 fully saturated rings. The number of anilines is 3. The molecule has 0 saturated heterocycles. The van der Waals surface area contributed by atoms with Gasteiger partial charge >= 0.3 is 0 Å². The Bertz CT molecular complexity index is 1130.